The summed E-state index contributed by atoms with van der Waals surface area (Å²) in [4.78, 5) is 28.8. The summed E-state index contributed by atoms with van der Waals surface area (Å²) < 4.78 is 7.35. The van der Waals surface area contributed by atoms with Crippen molar-refractivity contribution in [3.8, 4) is 17.1 Å². The highest BCUT2D eigenvalue weighted by Crippen LogP contribution is 2.35. The quantitative estimate of drug-likeness (QED) is 0.413. The SMILES string of the molecule is COc1cccc(NC(=O)[C@H]2CC[C@@H](n3cnc4c(N)nc(-c5ccc(N(C)C)cc5)nc43)CC2)c1. The zero-order chi connectivity index (χ0) is 25.2. The molecule has 0 saturated heterocycles. The number of nitrogen functional groups attached to an aromatic ring is 1. The highest BCUT2D eigenvalue weighted by molar-refractivity contribution is 5.92. The van der Waals surface area contributed by atoms with Crippen molar-refractivity contribution >= 4 is 34.3 Å². The van der Waals surface area contributed by atoms with E-state index >= 15 is 0 Å². The molecule has 1 saturated carbocycles. The number of nitrogens with two attached hydrogens (primary N) is 1. The molecule has 0 radical (unpaired) electrons. The van der Waals surface area contributed by atoms with Gasteiger partial charge in [0.1, 0.15) is 11.3 Å². The van der Waals surface area contributed by atoms with Crippen LogP contribution in [0.3, 0.4) is 0 Å². The minimum absolute atomic E-state index is 0.0345. The smallest absolute Gasteiger partial charge is 0.227 e. The number of rotatable bonds is 6. The van der Waals surface area contributed by atoms with Crippen molar-refractivity contribution in [1.82, 2.24) is 19.5 Å². The van der Waals surface area contributed by atoms with E-state index < -0.39 is 0 Å². The van der Waals surface area contributed by atoms with Gasteiger partial charge in [-0.15, -0.1) is 0 Å². The molecule has 5 rings (SSSR count). The van der Waals surface area contributed by atoms with Gasteiger partial charge in [0, 0.05) is 49.1 Å². The van der Waals surface area contributed by atoms with Crippen LogP contribution < -0.4 is 20.7 Å². The first-order valence-electron chi connectivity index (χ1n) is 12.2. The van der Waals surface area contributed by atoms with E-state index in [4.69, 9.17) is 15.5 Å². The predicted molar refractivity (Wildman–Crippen MR) is 142 cm³/mol. The molecule has 4 aromatic rings. The number of hydrogen-bond donors (Lipinski definition) is 2. The number of carbonyl (C=O) groups is 1. The van der Waals surface area contributed by atoms with Crippen molar-refractivity contribution in [2.75, 3.05) is 37.2 Å². The number of carbonyl (C=O) groups excluding carboxylic acids is 1. The monoisotopic (exact) mass is 485 g/mol. The Hall–Kier alpha value is -4.14. The van der Waals surface area contributed by atoms with Gasteiger partial charge in [-0.05, 0) is 62.1 Å². The number of aromatic nitrogens is 4. The minimum atomic E-state index is -0.0345. The summed E-state index contributed by atoms with van der Waals surface area (Å²) in [5, 5.41) is 3.03. The predicted octanol–water partition coefficient (Wildman–Crippen LogP) is 4.52. The fourth-order valence-electron chi connectivity index (χ4n) is 4.80. The number of anilines is 3. The summed E-state index contributed by atoms with van der Waals surface area (Å²) >= 11 is 0. The molecule has 1 amide bonds. The third-order valence-electron chi connectivity index (χ3n) is 6.89. The molecule has 2 aromatic carbocycles. The second-order valence-electron chi connectivity index (χ2n) is 9.42. The second kappa shape index (κ2) is 9.85. The van der Waals surface area contributed by atoms with Gasteiger partial charge in [0.2, 0.25) is 5.91 Å². The third kappa shape index (κ3) is 4.68. The Bertz CT molecular complexity index is 1370. The molecule has 1 aliphatic rings. The van der Waals surface area contributed by atoms with E-state index in [0.29, 0.717) is 17.2 Å². The summed E-state index contributed by atoms with van der Waals surface area (Å²) in [6.45, 7) is 0. The van der Waals surface area contributed by atoms with Crippen LogP contribution in [0.2, 0.25) is 0 Å². The number of benzene rings is 2. The van der Waals surface area contributed by atoms with Gasteiger partial charge >= 0.3 is 0 Å². The fourth-order valence-corrected chi connectivity index (χ4v) is 4.80. The van der Waals surface area contributed by atoms with E-state index in [2.05, 4.69) is 19.9 Å². The molecule has 1 fully saturated rings. The third-order valence-corrected chi connectivity index (χ3v) is 6.89. The first kappa shape index (κ1) is 23.6. The summed E-state index contributed by atoms with van der Waals surface area (Å²) in [6.07, 6.45) is 5.10. The van der Waals surface area contributed by atoms with Crippen LogP contribution in [0.15, 0.2) is 54.9 Å². The Balaban J connectivity index is 1.31. The molecule has 2 aromatic heterocycles. The molecule has 1 aliphatic carbocycles. The van der Waals surface area contributed by atoms with Crippen LogP contribution in [-0.2, 0) is 4.79 Å². The molecular weight excluding hydrogens is 454 g/mol. The van der Waals surface area contributed by atoms with Gasteiger partial charge in [-0.3, -0.25) is 4.79 Å². The van der Waals surface area contributed by atoms with E-state index in [1.54, 1.807) is 13.4 Å². The van der Waals surface area contributed by atoms with Crippen molar-refractivity contribution < 1.29 is 9.53 Å². The van der Waals surface area contributed by atoms with Gasteiger partial charge in [-0.2, -0.15) is 0 Å². The van der Waals surface area contributed by atoms with Gasteiger partial charge in [-0.1, -0.05) is 6.07 Å². The molecule has 186 valence electrons. The lowest BCUT2D eigenvalue weighted by molar-refractivity contribution is -0.120. The molecule has 36 heavy (non-hydrogen) atoms. The molecule has 0 atom stereocenters. The van der Waals surface area contributed by atoms with Crippen LogP contribution in [0.5, 0.6) is 5.75 Å². The second-order valence-corrected chi connectivity index (χ2v) is 9.42. The zero-order valence-electron chi connectivity index (χ0n) is 20.8. The topological polar surface area (TPSA) is 111 Å². The lowest BCUT2D eigenvalue weighted by Crippen LogP contribution is -2.28. The number of nitrogens with one attached hydrogen (secondary N) is 1. The Labute approximate surface area is 210 Å². The minimum Gasteiger partial charge on any atom is -0.497 e. The van der Waals surface area contributed by atoms with Crippen LogP contribution in [0, 0.1) is 5.92 Å². The van der Waals surface area contributed by atoms with Crippen molar-refractivity contribution in [3.05, 3.63) is 54.9 Å². The molecule has 0 bridgehead atoms. The Morgan fingerprint density at radius 2 is 1.83 bits per heavy atom. The fraction of sp³-hybridized carbons (Fsp3) is 0.333. The molecule has 9 heteroatoms. The number of imidazole rings is 1. The summed E-state index contributed by atoms with van der Waals surface area (Å²) in [7, 11) is 5.63. The van der Waals surface area contributed by atoms with E-state index in [-0.39, 0.29) is 17.9 Å². The Kier molecular flexibility index (Phi) is 6.45. The highest BCUT2D eigenvalue weighted by Gasteiger charge is 2.28. The largest absolute Gasteiger partial charge is 0.497 e. The number of amides is 1. The van der Waals surface area contributed by atoms with E-state index in [1.165, 1.54) is 0 Å². The Morgan fingerprint density at radius 3 is 2.53 bits per heavy atom. The molecule has 0 aliphatic heterocycles. The van der Waals surface area contributed by atoms with Gasteiger partial charge < -0.3 is 25.3 Å². The van der Waals surface area contributed by atoms with Gasteiger partial charge in [0.15, 0.2) is 17.3 Å². The van der Waals surface area contributed by atoms with Crippen molar-refractivity contribution in [2.45, 2.75) is 31.7 Å². The normalized spacial score (nSPS) is 17.6. The molecule has 3 N–H and O–H groups in total. The number of fused-ring (bicyclic) bond motifs is 1. The molecule has 0 unspecified atom stereocenters. The maximum absolute atomic E-state index is 12.9. The van der Waals surface area contributed by atoms with E-state index in [9.17, 15) is 4.79 Å². The van der Waals surface area contributed by atoms with Gasteiger partial charge in [0.05, 0.1) is 13.4 Å². The van der Waals surface area contributed by atoms with Crippen LogP contribution in [0.25, 0.3) is 22.6 Å². The van der Waals surface area contributed by atoms with Crippen LogP contribution in [0.4, 0.5) is 17.2 Å². The maximum atomic E-state index is 12.9. The summed E-state index contributed by atoms with van der Waals surface area (Å²) in [6, 6.07) is 15.7. The van der Waals surface area contributed by atoms with Crippen LogP contribution >= 0.6 is 0 Å². The number of ether oxygens (including phenoxy) is 1. The Morgan fingerprint density at radius 1 is 1.08 bits per heavy atom. The van der Waals surface area contributed by atoms with Crippen LogP contribution in [0.1, 0.15) is 31.7 Å². The molecular formula is C27H31N7O2. The highest BCUT2D eigenvalue weighted by atomic mass is 16.5. The summed E-state index contributed by atoms with van der Waals surface area (Å²) in [5.41, 5.74) is 10.4. The molecule has 9 nitrogen and oxygen atoms in total. The molecule has 2 heterocycles. The lowest BCUT2D eigenvalue weighted by Gasteiger charge is -2.28. The van der Waals surface area contributed by atoms with Crippen LogP contribution in [-0.4, -0.2) is 46.6 Å². The van der Waals surface area contributed by atoms with Gasteiger partial charge in [0.25, 0.3) is 0 Å². The lowest BCUT2D eigenvalue weighted by atomic mass is 9.85. The summed E-state index contributed by atoms with van der Waals surface area (Å²) in [5.74, 6) is 1.69. The number of nitrogens with zero attached hydrogens (tertiary/aromatic N) is 5. The zero-order valence-corrected chi connectivity index (χ0v) is 20.8. The molecule has 0 spiro atoms. The maximum Gasteiger partial charge on any atom is 0.227 e. The van der Waals surface area contributed by atoms with E-state index in [1.807, 2.05) is 67.5 Å². The standard InChI is InChI=1S/C27H31N7O2/c1-33(2)20-11-7-17(8-12-20)25-31-24(28)23-26(32-25)34(16-29-23)21-13-9-18(10-14-21)27(35)30-19-5-4-6-22(15-19)36-3/h4-8,11-12,15-16,18,21H,9-10,13-14H2,1-3H3,(H,30,35)(H2,28,31,32)/t18-,21+. The van der Waals surface area contributed by atoms with Crippen molar-refractivity contribution in [1.29, 1.82) is 0 Å². The van der Waals surface area contributed by atoms with Gasteiger partial charge in [-0.25, -0.2) is 15.0 Å². The first-order chi connectivity index (χ1) is 17.4. The van der Waals surface area contributed by atoms with E-state index in [0.717, 1.165) is 54.0 Å². The van der Waals surface area contributed by atoms with Crippen molar-refractivity contribution in [2.24, 2.45) is 5.92 Å². The first-order valence-corrected chi connectivity index (χ1v) is 12.2. The average Bonchev–Trinajstić information content (AvgIpc) is 3.33. The number of methoxy groups -OCH3 is 1. The van der Waals surface area contributed by atoms with Crippen molar-refractivity contribution in [3.63, 3.8) is 0 Å². The number of hydrogen-bond acceptors (Lipinski definition) is 7. The average molecular weight is 486 g/mol.